The Kier molecular flexibility index (Phi) is 4.88. The SMILES string of the molecule is O=C1CCCN1c1ccc(S(=O)(=O)NCc2nnc(-c3ccccn3)o2)cc1. The van der Waals surface area contributed by atoms with Crippen molar-refractivity contribution in [3.63, 3.8) is 0 Å². The van der Waals surface area contributed by atoms with Gasteiger partial charge in [-0.3, -0.25) is 9.78 Å². The lowest BCUT2D eigenvalue weighted by Crippen LogP contribution is -2.25. The third-order valence-electron chi connectivity index (χ3n) is 4.30. The maximum Gasteiger partial charge on any atom is 0.266 e. The van der Waals surface area contributed by atoms with Crippen LogP contribution in [-0.4, -0.2) is 36.1 Å². The van der Waals surface area contributed by atoms with E-state index in [2.05, 4.69) is 19.9 Å². The highest BCUT2D eigenvalue weighted by molar-refractivity contribution is 7.89. The van der Waals surface area contributed by atoms with Gasteiger partial charge in [-0.1, -0.05) is 6.07 Å². The van der Waals surface area contributed by atoms with Crippen LogP contribution in [0.15, 0.2) is 58.0 Å². The predicted molar refractivity (Wildman–Crippen MR) is 99.6 cm³/mol. The third-order valence-corrected chi connectivity index (χ3v) is 5.71. The molecule has 1 aliphatic heterocycles. The summed E-state index contributed by atoms with van der Waals surface area (Å²) in [7, 11) is -3.76. The topological polar surface area (TPSA) is 118 Å². The Hall–Kier alpha value is -3.11. The van der Waals surface area contributed by atoms with Crippen molar-refractivity contribution < 1.29 is 17.6 Å². The van der Waals surface area contributed by atoms with E-state index in [1.54, 1.807) is 41.4 Å². The molecule has 0 spiro atoms. The van der Waals surface area contributed by atoms with E-state index >= 15 is 0 Å². The number of nitrogens with zero attached hydrogens (tertiary/aromatic N) is 4. The first-order chi connectivity index (χ1) is 13.5. The molecule has 0 radical (unpaired) electrons. The standard InChI is InChI=1S/C18H17N5O4S/c24-17-5-3-11-23(17)13-6-8-14(9-7-13)28(25,26)20-12-16-21-22-18(27-16)15-4-1-2-10-19-15/h1-2,4,6-10,20H,3,5,11-12H2. The Morgan fingerprint density at radius 1 is 1.11 bits per heavy atom. The molecule has 9 nitrogen and oxygen atoms in total. The minimum Gasteiger partial charge on any atom is -0.418 e. The van der Waals surface area contributed by atoms with Gasteiger partial charge in [0.2, 0.25) is 21.8 Å². The number of pyridine rings is 1. The number of carbonyl (C=O) groups excluding carboxylic acids is 1. The summed E-state index contributed by atoms with van der Waals surface area (Å²) in [5.41, 5.74) is 1.20. The first kappa shape index (κ1) is 18.3. The molecular weight excluding hydrogens is 382 g/mol. The van der Waals surface area contributed by atoms with Crippen LogP contribution in [0, 0.1) is 0 Å². The van der Waals surface area contributed by atoms with Crippen LogP contribution in [0.4, 0.5) is 5.69 Å². The van der Waals surface area contributed by atoms with Gasteiger partial charge < -0.3 is 9.32 Å². The Morgan fingerprint density at radius 2 is 1.93 bits per heavy atom. The predicted octanol–water partition coefficient (Wildman–Crippen LogP) is 1.74. The minimum absolute atomic E-state index is 0.0498. The lowest BCUT2D eigenvalue weighted by atomic mass is 10.3. The molecule has 0 atom stereocenters. The van der Waals surface area contributed by atoms with Gasteiger partial charge in [0, 0.05) is 24.8 Å². The van der Waals surface area contributed by atoms with Gasteiger partial charge in [-0.25, -0.2) is 13.1 Å². The summed E-state index contributed by atoms with van der Waals surface area (Å²) < 4.78 is 32.8. The van der Waals surface area contributed by atoms with Gasteiger partial charge in [0.05, 0.1) is 11.4 Å². The van der Waals surface area contributed by atoms with E-state index in [4.69, 9.17) is 4.42 Å². The molecular formula is C18H17N5O4S. The molecule has 1 saturated heterocycles. The van der Waals surface area contributed by atoms with Crippen LogP contribution in [0.1, 0.15) is 18.7 Å². The minimum atomic E-state index is -3.76. The smallest absolute Gasteiger partial charge is 0.266 e. The second-order valence-corrected chi connectivity index (χ2v) is 7.95. The molecule has 0 saturated carbocycles. The third kappa shape index (κ3) is 3.78. The molecule has 0 unspecified atom stereocenters. The number of anilines is 1. The molecule has 1 N–H and O–H groups in total. The molecule has 28 heavy (non-hydrogen) atoms. The van der Waals surface area contributed by atoms with Crippen LogP contribution in [0.5, 0.6) is 0 Å². The number of benzene rings is 1. The van der Waals surface area contributed by atoms with E-state index in [9.17, 15) is 13.2 Å². The normalized spacial score (nSPS) is 14.6. The summed E-state index contributed by atoms with van der Waals surface area (Å²) in [4.78, 5) is 17.6. The summed E-state index contributed by atoms with van der Waals surface area (Å²) in [5.74, 6) is 0.395. The van der Waals surface area contributed by atoms with Crippen molar-refractivity contribution in [1.29, 1.82) is 0 Å². The lowest BCUT2D eigenvalue weighted by molar-refractivity contribution is -0.117. The molecule has 10 heteroatoms. The van der Waals surface area contributed by atoms with Crippen molar-refractivity contribution in [2.75, 3.05) is 11.4 Å². The van der Waals surface area contributed by atoms with E-state index in [0.717, 1.165) is 6.42 Å². The monoisotopic (exact) mass is 399 g/mol. The maximum absolute atomic E-state index is 12.5. The number of nitrogens with one attached hydrogen (secondary N) is 1. The molecule has 2 aromatic heterocycles. The average molecular weight is 399 g/mol. The number of hydrogen-bond donors (Lipinski definition) is 1. The Bertz CT molecular complexity index is 1080. The number of hydrogen-bond acceptors (Lipinski definition) is 7. The van der Waals surface area contributed by atoms with Crippen molar-refractivity contribution in [2.24, 2.45) is 0 Å². The fraction of sp³-hybridized carbons (Fsp3) is 0.222. The molecule has 3 aromatic rings. The Balaban J connectivity index is 1.43. The Labute approximate surface area is 161 Å². The van der Waals surface area contributed by atoms with E-state index in [-0.39, 0.29) is 29.1 Å². The van der Waals surface area contributed by atoms with Crippen molar-refractivity contribution in [1.82, 2.24) is 19.9 Å². The fourth-order valence-electron chi connectivity index (χ4n) is 2.88. The number of carbonyl (C=O) groups is 1. The van der Waals surface area contributed by atoms with Gasteiger partial charge >= 0.3 is 0 Å². The van der Waals surface area contributed by atoms with E-state index in [1.807, 2.05) is 0 Å². The molecule has 3 heterocycles. The summed E-state index contributed by atoms with van der Waals surface area (Å²) in [5, 5.41) is 7.71. The first-order valence-corrected chi connectivity index (χ1v) is 10.2. The zero-order valence-electron chi connectivity index (χ0n) is 14.8. The highest BCUT2D eigenvalue weighted by Gasteiger charge is 2.22. The quantitative estimate of drug-likeness (QED) is 0.670. The second kappa shape index (κ2) is 7.49. The molecule has 1 fully saturated rings. The maximum atomic E-state index is 12.5. The van der Waals surface area contributed by atoms with Crippen molar-refractivity contribution in [2.45, 2.75) is 24.3 Å². The van der Waals surface area contributed by atoms with Crippen LogP contribution in [0.2, 0.25) is 0 Å². The van der Waals surface area contributed by atoms with Crippen LogP contribution in [0.25, 0.3) is 11.6 Å². The van der Waals surface area contributed by atoms with Crippen LogP contribution in [-0.2, 0) is 21.4 Å². The molecule has 4 rings (SSSR count). The summed E-state index contributed by atoms with van der Waals surface area (Å²) in [6, 6.07) is 11.5. The molecule has 144 valence electrons. The molecule has 1 aliphatic rings. The van der Waals surface area contributed by atoms with Gasteiger partial charge in [-0.15, -0.1) is 10.2 Å². The zero-order chi connectivity index (χ0) is 19.6. The molecule has 0 bridgehead atoms. The fourth-order valence-corrected chi connectivity index (χ4v) is 3.86. The van der Waals surface area contributed by atoms with Gasteiger partial charge in [0.15, 0.2) is 0 Å². The summed E-state index contributed by atoms with van der Waals surface area (Å²) in [6.45, 7) is 0.507. The van der Waals surface area contributed by atoms with E-state index < -0.39 is 10.0 Å². The molecule has 0 aliphatic carbocycles. The number of rotatable bonds is 6. The Morgan fingerprint density at radius 3 is 2.61 bits per heavy atom. The van der Waals surface area contributed by atoms with Crippen molar-refractivity contribution in [3.05, 3.63) is 54.6 Å². The second-order valence-electron chi connectivity index (χ2n) is 6.18. The van der Waals surface area contributed by atoms with Crippen LogP contribution >= 0.6 is 0 Å². The number of aromatic nitrogens is 3. The number of sulfonamides is 1. The molecule has 1 aromatic carbocycles. The van der Waals surface area contributed by atoms with Crippen LogP contribution < -0.4 is 9.62 Å². The lowest BCUT2D eigenvalue weighted by Gasteiger charge is -2.16. The average Bonchev–Trinajstić information content (AvgIpc) is 3.36. The largest absolute Gasteiger partial charge is 0.418 e. The summed E-state index contributed by atoms with van der Waals surface area (Å²) >= 11 is 0. The van der Waals surface area contributed by atoms with Crippen molar-refractivity contribution >= 4 is 21.6 Å². The zero-order valence-corrected chi connectivity index (χ0v) is 15.6. The van der Waals surface area contributed by atoms with Gasteiger partial charge in [-0.2, -0.15) is 0 Å². The number of amides is 1. The van der Waals surface area contributed by atoms with Crippen molar-refractivity contribution in [3.8, 4) is 11.6 Å². The van der Waals surface area contributed by atoms with Gasteiger partial charge in [-0.05, 0) is 42.8 Å². The molecule has 1 amide bonds. The van der Waals surface area contributed by atoms with E-state index in [0.29, 0.717) is 24.3 Å². The summed E-state index contributed by atoms with van der Waals surface area (Å²) in [6.07, 6.45) is 2.93. The highest BCUT2D eigenvalue weighted by Crippen LogP contribution is 2.23. The van der Waals surface area contributed by atoms with E-state index in [1.165, 1.54) is 12.1 Å². The van der Waals surface area contributed by atoms with Gasteiger partial charge in [0.25, 0.3) is 5.89 Å². The van der Waals surface area contributed by atoms with Gasteiger partial charge in [0.1, 0.15) is 5.69 Å². The van der Waals surface area contributed by atoms with Crippen LogP contribution in [0.3, 0.4) is 0 Å². The first-order valence-electron chi connectivity index (χ1n) is 8.67. The highest BCUT2D eigenvalue weighted by atomic mass is 32.2.